The summed E-state index contributed by atoms with van der Waals surface area (Å²) in [4.78, 5) is 12.8. The second-order valence-corrected chi connectivity index (χ2v) is 8.26. The number of nitrogens with zero attached hydrogens (tertiary/aromatic N) is 1. The number of benzene rings is 2. The Morgan fingerprint density at radius 2 is 1.81 bits per heavy atom. The molecule has 1 fully saturated rings. The van der Waals surface area contributed by atoms with Gasteiger partial charge in [-0.1, -0.05) is 30.3 Å². The van der Waals surface area contributed by atoms with Crippen LogP contribution in [0.1, 0.15) is 18.4 Å². The Labute approximate surface area is 154 Å². The minimum absolute atomic E-state index is 0.224. The average Bonchev–Trinajstić information content (AvgIpc) is 3.15. The number of nitrogens with one attached hydrogen (secondary N) is 1. The largest absolute Gasteiger partial charge is 0.399 e. The topological polar surface area (TPSA) is 92.5 Å². The smallest absolute Gasteiger partial charge is 0.243 e. The molecule has 0 spiro atoms. The first kappa shape index (κ1) is 18.4. The Balaban J connectivity index is 1.62. The number of nitrogens with two attached hydrogens (primary N) is 1. The summed E-state index contributed by atoms with van der Waals surface area (Å²) < 4.78 is 26.9. The molecule has 138 valence electrons. The van der Waals surface area contributed by atoms with Crippen LogP contribution in [0.5, 0.6) is 0 Å². The SMILES string of the molecule is Nc1ccc(CCNC(=O)C2CCCN2S(=O)(=O)c2ccccc2)cc1. The van der Waals surface area contributed by atoms with Gasteiger partial charge >= 0.3 is 0 Å². The Kier molecular flexibility index (Phi) is 5.58. The Bertz CT molecular complexity index is 851. The van der Waals surface area contributed by atoms with Crippen molar-refractivity contribution in [3.63, 3.8) is 0 Å². The van der Waals surface area contributed by atoms with Gasteiger partial charge < -0.3 is 11.1 Å². The monoisotopic (exact) mass is 373 g/mol. The van der Waals surface area contributed by atoms with Crippen molar-refractivity contribution in [2.45, 2.75) is 30.2 Å². The maximum Gasteiger partial charge on any atom is 0.243 e. The van der Waals surface area contributed by atoms with Crippen LogP contribution in [0, 0.1) is 0 Å². The Morgan fingerprint density at radius 1 is 1.12 bits per heavy atom. The molecule has 0 saturated carbocycles. The molecule has 2 aromatic carbocycles. The fraction of sp³-hybridized carbons (Fsp3) is 0.316. The zero-order valence-electron chi connectivity index (χ0n) is 14.5. The number of anilines is 1. The summed E-state index contributed by atoms with van der Waals surface area (Å²) in [7, 11) is -3.66. The molecule has 0 radical (unpaired) electrons. The van der Waals surface area contributed by atoms with E-state index in [-0.39, 0.29) is 10.8 Å². The number of hydrogen-bond acceptors (Lipinski definition) is 4. The highest BCUT2D eigenvalue weighted by atomic mass is 32.2. The molecule has 0 aromatic heterocycles. The summed E-state index contributed by atoms with van der Waals surface area (Å²) in [5.41, 5.74) is 7.43. The standard InChI is InChI=1S/C19H23N3O3S/c20-16-10-8-15(9-11-16)12-13-21-19(23)18-7-4-14-22(18)26(24,25)17-5-2-1-3-6-17/h1-3,5-6,8-11,18H,4,7,12-14,20H2,(H,21,23). The zero-order valence-corrected chi connectivity index (χ0v) is 15.3. The van der Waals surface area contributed by atoms with Crippen LogP contribution in [0.3, 0.4) is 0 Å². The first-order valence-electron chi connectivity index (χ1n) is 8.67. The molecule has 2 aromatic rings. The van der Waals surface area contributed by atoms with E-state index in [1.165, 1.54) is 4.31 Å². The van der Waals surface area contributed by atoms with Crippen molar-refractivity contribution in [2.75, 3.05) is 18.8 Å². The Hall–Kier alpha value is -2.38. The molecule has 3 rings (SSSR count). The maximum absolute atomic E-state index is 12.8. The van der Waals surface area contributed by atoms with Crippen molar-refractivity contribution in [3.05, 3.63) is 60.2 Å². The van der Waals surface area contributed by atoms with Crippen molar-refractivity contribution < 1.29 is 13.2 Å². The molecule has 1 unspecified atom stereocenters. The number of rotatable bonds is 6. The number of nitrogen functional groups attached to an aromatic ring is 1. The number of hydrogen-bond donors (Lipinski definition) is 2. The van der Waals surface area contributed by atoms with E-state index in [1.54, 1.807) is 30.3 Å². The first-order chi connectivity index (χ1) is 12.5. The molecular formula is C19H23N3O3S. The normalized spacial score (nSPS) is 17.9. The van der Waals surface area contributed by atoms with Gasteiger partial charge in [0.1, 0.15) is 6.04 Å². The lowest BCUT2D eigenvalue weighted by Crippen LogP contribution is -2.46. The lowest BCUT2D eigenvalue weighted by Gasteiger charge is -2.23. The van der Waals surface area contributed by atoms with E-state index >= 15 is 0 Å². The molecule has 7 heteroatoms. The van der Waals surface area contributed by atoms with Gasteiger partial charge in [-0.25, -0.2) is 8.42 Å². The lowest BCUT2D eigenvalue weighted by molar-refractivity contribution is -0.124. The van der Waals surface area contributed by atoms with Crippen LogP contribution in [-0.4, -0.2) is 37.8 Å². The maximum atomic E-state index is 12.8. The molecule has 1 amide bonds. The zero-order chi connectivity index (χ0) is 18.6. The van der Waals surface area contributed by atoms with Crippen molar-refractivity contribution in [3.8, 4) is 0 Å². The summed E-state index contributed by atoms with van der Waals surface area (Å²) in [6.45, 7) is 0.825. The van der Waals surface area contributed by atoms with Crippen LogP contribution >= 0.6 is 0 Å². The molecule has 1 heterocycles. The van der Waals surface area contributed by atoms with Gasteiger partial charge in [-0.15, -0.1) is 0 Å². The predicted molar refractivity (Wildman–Crippen MR) is 101 cm³/mol. The van der Waals surface area contributed by atoms with Crippen molar-refractivity contribution in [1.29, 1.82) is 0 Å². The van der Waals surface area contributed by atoms with Crippen LogP contribution in [0.25, 0.3) is 0 Å². The molecule has 1 atom stereocenters. The van der Waals surface area contributed by atoms with E-state index < -0.39 is 16.1 Å². The fourth-order valence-electron chi connectivity index (χ4n) is 3.15. The molecule has 1 saturated heterocycles. The van der Waals surface area contributed by atoms with Gasteiger partial charge in [0.15, 0.2) is 0 Å². The summed E-state index contributed by atoms with van der Waals surface area (Å²) in [5, 5.41) is 2.86. The second-order valence-electron chi connectivity index (χ2n) is 6.37. The minimum Gasteiger partial charge on any atom is -0.399 e. The fourth-order valence-corrected chi connectivity index (χ4v) is 4.83. The third-order valence-electron chi connectivity index (χ3n) is 4.55. The number of amides is 1. The Morgan fingerprint density at radius 3 is 2.50 bits per heavy atom. The van der Waals surface area contributed by atoms with Crippen LogP contribution in [0.2, 0.25) is 0 Å². The van der Waals surface area contributed by atoms with Gasteiger partial charge in [0, 0.05) is 18.8 Å². The molecule has 0 aliphatic carbocycles. The molecule has 1 aliphatic heterocycles. The number of carbonyl (C=O) groups excluding carboxylic acids is 1. The molecular weight excluding hydrogens is 350 g/mol. The van der Waals surface area contributed by atoms with Crippen molar-refractivity contribution in [1.82, 2.24) is 9.62 Å². The second kappa shape index (κ2) is 7.88. The third-order valence-corrected chi connectivity index (χ3v) is 6.47. The number of carbonyl (C=O) groups is 1. The highest BCUT2D eigenvalue weighted by Gasteiger charge is 2.39. The highest BCUT2D eigenvalue weighted by molar-refractivity contribution is 7.89. The summed E-state index contributed by atoms with van der Waals surface area (Å²) >= 11 is 0. The summed E-state index contributed by atoms with van der Waals surface area (Å²) in [5.74, 6) is -0.238. The van der Waals surface area contributed by atoms with E-state index in [0.29, 0.717) is 38.0 Å². The van der Waals surface area contributed by atoms with Crippen LogP contribution in [-0.2, 0) is 21.2 Å². The quantitative estimate of drug-likeness (QED) is 0.755. The van der Waals surface area contributed by atoms with Crippen LogP contribution in [0.4, 0.5) is 5.69 Å². The van der Waals surface area contributed by atoms with E-state index in [1.807, 2.05) is 24.3 Å². The van der Waals surface area contributed by atoms with Gasteiger partial charge in [0.2, 0.25) is 15.9 Å². The van der Waals surface area contributed by atoms with Gasteiger partial charge in [-0.2, -0.15) is 4.31 Å². The summed E-state index contributed by atoms with van der Waals surface area (Å²) in [6.07, 6.45) is 1.89. The lowest BCUT2D eigenvalue weighted by atomic mass is 10.1. The molecule has 6 nitrogen and oxygen atoms in total. The molecule has 0 bridgehead atoms. The average molecular weight is 373 g/mol. The van der Waals surface area contributed by atoms with E-state index in [2.05, 4.69) is 5.32 Å². The van der Waals surface area contributed by atoms with Crippen molar-refractivity contribution >= 4 is 21.6 Å². The van der Waals surface area contributed by atoms with Gasteiger partial charge in [-0.3, -0.25) is 4.79 Å². The van der Waals surface area contributed by atoms with E-state index in [4.69, 9.17) is 5.73 Å². The van der Waals surface area contributed by atoms with Gasteiger partial charge in [0.05, 0.1) is 4.90 Å². The van der Waals surface area contributed by atoms with Crippen LogP contribution in [0.15, 0.2) is 59.5 Å². The van der Waals surface area contributed by atoms with Crippen molar-refractivity contribution in [2.24, 2.45) is 0 Å². The van der Waals surface area contributed by atoms with E-state index in [0.717, 1.165) is 5.56 Å². The predicted octanol–water partition coefficient (Wildman–Crippen LogP) is 1.78. The molecule has 3 N–H and O–H groups in total. The molecule has 26 heavy (non-hydrogen) atoms. The minimum atomic E-state index is -3.66. The van der Waals surface area contributed by atoms with Gasteiger partial charge in [-0.05, 0) is 49.1 Å². The van der Waals surface area contributed by atoms with Crippen LogP contribution < -0.4 is 11.1 Å². The third kappa shape index (κ3) is 4.05. The summed E-state index contributed by atoms with van der Waals surface area (Å²) in [6, 6.07) is 15.1. The number of sulfonamides is 1. The highest BCUT2D eigenvalue weighted by Crippen LogP contribution is 2.26. The molecule has 1 aliphatic rings. The van der Waals surface area contributed by atoms with Gasteiger partial charge in [0.25, 0.3) is 0 Å². The van der Waals surface area contributed by atoms with E-state index in [9.17, 15) is 13.2 Å². The first-order valence-corrected chi connectivity index (χ1v) is 10.1.